The SMILES string of the molecule is O=C1NCc2c1ccc1c2CC(N(CCCCc2c[nH]c3ccc(F)cc23)CC2CC2)CO1. The van der Waals surface area contributed by atoms with Gasteiger partial charge >= 0.3 is 0 Å². The number of benzene rings is 2. The van der Waals surface area contributed by atoms with E-state index in [1.165, 1.54) is 30.0 Å². The summed E-state index contributed by atoms with van der Waals surface area (Å²) >= 11 is 0. The Balaban J connectivity index is 1.11. The molecular weight excluding hydrogens is 417 g/mol. The molecule has 1 saturated carbocycles. The molecule has 5 nitrogen and oxygen atoms in total. The first-order chi connectivity index (χ1) is 16.2. The van der Waals surface area contributed by atoms with Crippen LogP contribution in [-0.4, -0.2) is 41.5 Å². The molecule has 0 saturated heterocycles. The van der Waals surface area contributed by atoms with Crippen LogP contribution in [0.3, 0.4) is 0 Å². The van der Waals surface area contributed by atoms with Gasteiger partial charge in [-0.3, -0.25) is 9.69 Å². The van der Waals surface area contributed by atoms with E-state index in [-0.39, 0.29) is 11.7 Å². The Morgan fingerprint density at radius 2 is 2.03 bits per heavy atom. The highest BCUT2D eigenvalue weighted by molar-refractivity contribution is 5.99. The number of halogens is 1. The van der Waals surface area contributed by atoms with E-state index in [0.29, 0.717) is 19.2 Å². The van der Waals surface area contributed by atoms with Crippen molar-refractivity contribution in [3.8, 4) is 5.75 Å². The largest absolute Gasteiger partial charge is 0.492 e. The van der Waals surface area contributed by atoms with Gasteiger partial charge in [-0.15, -0.1) is 0 Å². The molecule has 3 aromatic rings. The highest BCUT2D eigenvalue weighted by atomic mass is 19.1. The molecule has 1 aromatic heterocycles. The highest BCUT2D eigenvalue weighted by Crippen LogP contribution is 2.36. The van der Waals surface area contributed by atoms with Gasteiger partial charge < -0.3 is 15.0 Å². The van der Waals surface area contributed by atoms with E-state index in [1.807, 2.05) is 24.4 Å². The van der Waals surface area contributed by atoms with Crippen LogP contribution in [0.5, 0.6) is 5.75 Å². The number of H-pyrrole nitrogens is 1. The molecule has 2 aromatic carbocycles. The maximum absolute atomic E-state index is 13.7. The zero-order chi connectivity index (χ0) is 22.4. The Morgan fingerprint density at radius 1 is 1.12 bits per heavy atom. The molecule has 1 atom stereocenters. The lowest BCUT2D eigenvalue weighted by molar-refractivity contribution is 0.0965. The van der Waals surface area contributed by atoms with Gasteiger partial charge in [0.05, 0.1) is 0 Å². The van der Waals surface area contributed by atoms with Crippen molar-refractivity contribution in [1.29, 1.82) is 0 Å². The number of aromatic amines is 1. The first-order valence-electron chi connectivity index (χ1n) is 12.2. The van der Waals surface area contributed by atoms with E-state index in [9.17, 15) is 9.18 Å². The van der Waals surface area contributed by atoms with Gasteiger partial charge in [0.25, 0.3) is 5.91 Å². The summed E-state index contributed by atoms with van der Waals surface area (Å²) in [4.78, 5) is 18.0. The minimum absolute atomic E-state index is 0.0296. The van der Waals surface area contributed by atoms with Crippen molar-refractivity contribution in [3.63, 3.8) is 0 Å². The molecule has 3 heterocycles. The lowest BCUT2D eigenvalue weighted by Gasteiger charge is -2.36. The summed E-state index contributed by atoms with van der Waals surface area (Å²) in [6, 6.07) is 9.16. The van der Waals surface area contributed by atoms with Crippen molar-refractivity contribution < 1.29 is 13.9 Å². The summed E-state index contributed by atoms with van der Waals surface area (Å²) in [7, 11) is 0. The molecular formula is C27H30FN3O2. The topological polar surface area (TPSA) is 57.4 Å². The molecule has 0 bridgehead atoms. The lowest BCUT2D eigenvalue weighted by atomic mass is 9.93. The van der Waals surface area contributed by atoms with Gasteiger partial charge in [-0.2, -0.15) is 0 Å². The summed E-state index contributed by atoms with van der Waals surface area (Å²) in [5.74, 6) is 1.61. The van der Waals surface area contributed by atoms with E-state index >= 15 is 0 Å². The number of carbonyl (C=O) groups is 1. The van der Waals surface area contributed by atoms with Crippen molar-refractivity contribution in [2.45, 2.75) is 51.1 Å². The molecule has 2 aliphatic heterocycles. The number of hydrogen-bond acceptors (Lipinski definition) is 3. The number of ether oxygens (including phenoxy) is 1. The van der Waals surface area contributed by atoms with Gasteiger partial charge in [-0.05, 0) is 92.4 Å². The highest BCUT2D eigenvalue weighted by Gasteiger charge is 2.33. The van der Waals surface area contributed by atoms with Crippen LogP contribution in [0.2, 0.25) is 0 Å². The maximum Gasteiger partial charge on any atom is 0.251 e. The van der Waals surface area contributed by atoms with Crippen molar-refractivity contribution in [3.05, 3.63) is 64.6 Å². The molecule has 3 aliphatic rings. The van der Waals surface area contributed by atoms with E-state index < -0.39 is 0 Å². The minimum atomic E-state index is -0.181. The Morgan fingerprint density at radius 3 is 2.91 bits per heavy atom. The molecule has 1 amide bonds. The molecule has 33 heavy (non-hydrogen) atoms. The van der Waals surface area contributed by atoms with Crippen LogP contribution in [0.1, 0.15) is 52.7 Å². The molecule has 0 spiro atoms. The third-order valence-corrected chi connectivity index (χ3v) is 7.51. The quantitative estimate of drug-likeness (QED) is 0.497. The van der Waals surface area contributed by atoms with Crippen molar-refractivity contribution in [1.82, 2.24) is 15.2 Å². The summed E-state index contributed by atoms with van der Waals surface area (Å²) in [5, 5.41) is 3.96. The smallest absolute Gasteiger partial charge is 0.251 e. The van der Waals surface area contributed by atoms with E-state index in [1.54, 1.807) is 6.07 Å². The average molecular weight is 448 g/mol. The molecule has 1 aliphatic carbocycles. The number of nitrogens with zero attached hydrogens (tertiary/aromatic N) is 1. The Bertz CT molecular complexity index is 1200. The standard InChI is InChI=1S/C27H30FN3O2/c28-19-6-8-25-22(11-19)18(13-29-25)3-1-2-10-31(15-17-4-5-17)20-12-23-24-14-30-27(32)21(24)7-9-26(23)33-16-20/h6-9,11,13,17,20,29H,1-5,10,12,14-16H2,(H,30,32). The van der Waals surface area contributed by atoms with Crippen LogP contribution in [0.4, 0.5) is 4.39 Å². The number of aromatic nitrogens is 1. The van der Waals surface area contributed by atoms with Crippen LogP contribution >= 0.6 is 0 Å². The molecule has 6 rings (SSSR count). The van der Waals surface area contributed by atoms with E-state index in [0.717, 1.165) is 72.5 Å². The minimum Gasteiger partial charge on any atom is -0.492 e. The molecule has 1 unspecified atom stereocenters. The predicted molar refractivity (Wildman–Crippen MR) is 126 cm³/mol. The van der Waals surface area contributed by atoms with Gasteiger partial charge in [0, 0.05) is 47.4 Å². The number of fused-ring (bicyclic) bond motifs is 4. The zero-order valence-corrected chi connectivity index (χ0v) is 18.8. The van der Waals surface area contributed by atoms with Crippen molar-refractivity contribution >= 4 is 16.8 Å². The Labute approximate surface area is 193 Å². The number of aryl methyl sites for hydroxylation is 1. The Kier molecular flexibility index (Phi) is 5.33. The molecule has 1 fully saturated rings. The zero-order valence-electron chi connectivity index (χ0n) is 18.8. The lowest BCUT2D eigenvalue weighted by Crippen LogP contribution is -2.45. The predicted octanol–water partition coefficient (Wildman–Crippen LogP) is 4.59. The van der Waals surface area contributed by atoms with Crippen LogP contribution in [-0.2, 0) is 19.4 Å². The number of rotatable bonds is 8. The van der Waals surface area contributed by atoms with Gasteiger partial charge in [-0.25, -0.2) is 4.39 Å². The molecule has 0 radical (unpaired) electrons. The summed E-state index contributed by atoms with van der Waals surface area (Å²) < 4.78 is 19.9. The Hall–Kier alpha value is -2.86. The number of hydrogen-bond donors (Lipinski definition) is 2. The molecule has 2 N–H and O–H groups in total. The normalized spacial score (nSPS) is 19.5. The first kappa shape index (κ1) is 20.7. The van der Waals surface area contributed by atoms with Gasteiger partial charge in [0.15, 0.2) is 0 Å². The van der Waals surface area contributed by atoms with Crippen LogP contribution in [0.15, 0.2) is 36.5 Å². The van der Waals surface area contributed by atoms with Crippen LogP contribution in [0, 0.1) is 11.7 Å². The fraction of sp³-hybridized carbons (Fsp3) is 0.444. The third-order valence-electron chi connectivity index (χ3n) is 7.51. The second kappa shape index (κ2) is 8.49. The number of unbranched alkanes of at least 4 members (excludes halogenated alkanes) is 1. The van der Waals surface area contributed by atoms with E-state index in [2.05, 4.69) is 15.2 Å². The summed E-state index contributed by atoms with van der Waals surface area (Å²) in [5.41, 5.74) is 5.34. The number of carbonyl (C=O) groups excluding carboxylic acids is 1. The fourth-order valence-electron chi connectivity index (χ4n) is 5.47. The second-order valence-corrected chi connectivity index (χ2v) is 9.82. The van der Waals surface area contributed by atoms with Gasteiger partial charge in [0.1, 0.15) is 18.2 Å². The van der Waals surface area contributed by atoms with Crippen LogP contribution in [0.25, 0.3) is 10.9 Å². The van der Waals surface area contributed by atoms with Crippen molar-refractivity contribution in [2.24, 2.45) is 5.92 Å². The third kappa shape index (κ3) is 4.12. The first-order valence-corrected chi connectivity index (χ1v) is 12.2. The number of nitrogens with one attached hydrogen (secondary N) is 2. The van der Waals surface area contributed by atoms with Gasteiger partial charge in [-0.1, -0.05) is 0 Å². The average Bonchev–Trinajstić information content (AvgIpc) is 3.44. The maximum atomic E-state index is 13.7. The van der Waals surface area contributed by atoms with E-state index in [4.69, 9.17) is 4.74 Å². The summed E-state index contributed by atoms with van der Waals surface area (Å²) in [6.07, 6.45) is 8.75. The molecule has 172 valence electrons. The fourth-order valence-corrected chi connectivity index (χ4v) is 5.47. The molecule has 6 heteroatoms. The van der Waals surface area contributed by atoms with Crippen LogP contribution < -0.4 is 10.1 Å². The summed E-state index contributed by atoms with van der Waals surface area (Å²) in [6.45, 7) is 3.50. The number of amides is 1. The monoisotopic (exact) mass is 447 g/mol. The second-order valence-electron chi connectivity index (χ2n) is 9.82. The van der Waals surface area contributed by atoms with Crippen molar-refractivity contribution in [2.75, 3.05) is 19.7 Å². The van der Waals surface area contributed by atoms with Gasteiger partial charge in [0.2, 0.25) is 0 Å².